The Labute approximate surface area is 135 Å². The van der Waals surface area contributed by atoms with Crippen LogP contribution in [-0.4, -0.2) is 31.1 Å². The summed E-state index contributed by atoms with van der Waals surface area (Å²) in [7, 11) is 1.61. The lowest BCUT2D eigenvalue weighted by molar-refractivity contribution is -0.151. The third kappa shape index (κ3) is 3.23. The zero-order valence-corrected chi connectivity index (χ0v) is 13.3. The normalized spacial score (nSPS) is 26.6. The Morgan fingerprint density at radius 2 is 1.96 bits per heavy atom. The third-order valence-corrected chi connectivity index (χ3v) is 4.44. The average molecular weight is 316 g/mol. The molecule has 0 bridgehead atoms. The highest BCUT2D eigenvalue weighted by molar-refractivity contribution is 6.22. The second-order valence-electron chi connectivity index (χ2n) is 5.95. The fraction of sp³-hybridized carbons (Fsp3) is 0.444. The van der Waals surface area contributed by atoms with Crippen molar-refractivity contribution >= 4 is 17.3 Å². The number of esters is 1. The highest BCUT2D eigenvalue weighted by Gasteiger charge is 2.41. The van der Waals surface area contributed by atoms with Gasteiger partial charge in [-0.05, 0) is 30.5 Å². The summed E-state index contributed by atoms with van der Waals surface area (Å²) in [5.74, 6) is 0.403. The third-order valence-electron chi connectivity index (χ3n) is 4.44. The highest BCUT2D eigenvalue weighted by atomic mass is 16.5. The van der Waals surface area contributed by atoms with E-state index in [1.807, 2.05) is 24.3 Å². The monoisotopic (exact) mass is 316 g/mol. The van der Waals surface area contributed by atoms with Crippen molar-refractivity contribution in [1.82, 2.24) is 0 Å². The molecule has 1 aliphatic carbocycles. The van der Waals surface area contributed by atoms with E-state index in [4.69, 9.17) is 14.2 Å². The van der Waals surface area contributed by atoms with Crippen molar-refractivity contribution in [2.45, 2.75) is 38.4 Å². The SMILES string of the molecule is COc1ccc(C2=COC3CC(OC(C)=O)CCC3C2=O)cc1. The van der Waals surface area contributed by atoms with Crippen LogP contribution in [0.15, 0.2) is 30.5 Å². The molecule has 0 N–H and O–H groups in total. The number of Topliss-reactive ketones (excluding diaryl/α,β-unsaturated/α-hetero) is 1. The van der Waals surface area contributed by atoms with Gasteiger partial charge in [-0.25, -0.2) is 0 Å². The molecule has 3 unspecified atom stereocenters. The largest absolute Gasteiger partial charge is 0.497 e. The number of ether oxygens (including phenoxy) is 3. The van der Waals surface area contributed by atoms with E-state index in [-0.39, 0.29) is 29.9 Å². The molecule has 1 aliphatic heterocycles. The summed E-state index contributed by atoms with van der Waals surface area (Å²) in [5, 5.41) is 0. The summed E-state index contributed by atoms with van der Waals surface area (Å²) >= 11 is 0. The fourth-order valence-electron chi connectivity index (χ4n) is 3.28. The van der Waals surface area contributed by atoms with Crippen LogP contribution in [0.25, 0.3) is 5.57 Å². The molecule has 5 nitrogen and oxygen atoms in total. The molecule has 0 aromatic heterocycles. The summed E-state index contributed by atoms with van der Waals surface area (Å²) in [4.78, 5) is 23.8. The van der Waals surface area contributed by atoms with Gasteiger partial charge in [-0.3, -0.25) is 9.59 Å². The van der Waals surface area contributed by atoms with Crippen molar-refractivity contribution in [3.05, 3.63) is 36.1 Å². The quantitative estimate of drug-likeness (QED) is 0.802. The number of benzene rings is 1. The van der Waals surface area contributed by atoms with Crippen LogP contribution >= 0.6 is 0 Å². The van der Waals surface area contributed by atoms with Crippen LogP contribution in [0, 0.1) is 5.92 Å². The van der Waals surface area contributed by atoms with Gasteiger partial charge >= 0.3 is 5.97 Å². The van der Waals surface area contributed by atoms with Crippen LogP contribution in [0.1, 0.15) is 31.7 Å². The zero-order valence-electron chi connectivity index (χ0n) is 13.3. The Bertz CT molecular complexity index is 631. The summed E-state index contributed by atoms with van der Waals surface area (Å²) in [6.45, 7) is 1.40. The van der Waals surface area contributed by atoms with Gasteiger partial charge in [0.1, 0.15) is 18.0 Å². The van der Waals surface area contributed by atoms with Crippen LogP contribution in [0.4, 0.5) is 0 Å². The number of allylic oxidation sites excluding steroid dienone is 1. The van der Waals surface area contributed by atoms with Gasteiger partial charge in [0.2, 0.25) is 0 Å². The predicted octanol–water partition coefficient (Wildman–Crippen LogP) is 2.74. The number of rotatable bonds is 3. The molecule has 1 aromatic carbocycles. The molecule has 0 spiro atoms. The van der Waals surface area contributed by atoms with Gasteiger partial charge in [0.05, 0.1) is 24.9 Å². The fourth-order valence-corrected chi connectivity index (χ4v) is 3.28. The smallest absolute Gasteiger partial charge is 0.302 e. The van der Waals surface area contributed by atoms with Crippen LogP contribution in [-0.2, 0) is 19.1 Å². The Balaban J connectivity index is 1.75. The van der Waals surface area contributed by atoms with Crippen LogP contribution in [0.5, 0.6) is 5.75 Å². The second-order valence-corrected chi connectivity index (χ2v) is 5.95. The number of carbonyl (C=O) groups excluding carboxylic acids is 2. The molecule has 5 heteroatoms. The van der Waals surface area contributed by atoms with Gasteiger partial charge in [0, 0.05) is 13.3 Å². The van der Waals surface area contributed by atoms with Gasteiger partial charge in [-0.1, -0.05) is 12.1 Å². The minimum atomic E-state index is -0.287. The highest BCUT2D eigenvalue weighted by Crippen LogP contribution is 2.37. The Morgan fingerprint density at radius 3 is 2.61 bits per heavy atom. The first kappa shape index (κ1) is 15.6. The van der Waals surface area contributed by atoms with Gasteiger partial charge in [0.25, 0.3) is 0 Å². The summed E-state index contributed by atoms with van der Waals surface area (Å²) in [5.41, 5.74) is 1.43. The lowest BCUT2D eigenvalue weighted by Gasteiger charge is -2.37. The number of hydrogen-bond donors (Lipinski definition) is 0. The number of ketones is 1. The van der Waals surface area contributed by atoms with E-state index in [9.17, 15) is 9.59 Å². The summed E-state index contributed by atoms with van der Waals surface area (Å²) < 4.78 is 16.2. The van der Waals surface area contributed by atoms with Crippen LogP contribution in [0.3, 0.4) is 0 Å². The number of fused-ring (bicyclic) bond motifs is 1. The number of methoxy groups -OCH3 is 1. The van der Waals surface area contributed by atoms with Gasteiger partial charge in [-0.15, -0.1) is 0 Å². The van der Waals surface area contributed by atoms with E-state index in [0.717, 1.165) is 11.3 Å². The molecular weight excluding hydrogens is 296 g/mol. The van der Waals surface area contributed by atoms with E-state index in [1.165, 1.54) is 6.92 Å². The molecule has 3 atom stereocenters. The molecule has 23 heavy (non-hydrogen) atoms. The molecule has 1 aromatic rings. The van der Waals surface area contributed by atoms with Gasteiger partial charge in [0.15, 0.2) is 5.78 Å². The molecule has 122 valence electrons. The predicted molar refractivity (Wildman–Crippen MR) is 83.7 cm³/mol. The average Bonchev–Trinajstić information content (AvgIpc) is 2.55. The maximum absolute atomic E-state index is 12.8. The lowest BCUT2D eigenvalue weighted by atomic mass is 9.78. The van der Waals surface area contributed by atoms with Crippen LogP contribution in [0.2, 0.25) is 0 Å². The second kappa shape index (κ2) is 6.44. The van der Waals surface area contributed by atoms with Crippen molar-refractivity contribution in [3.8, 4) is 5.75 Å². The molecule has 3 rings (SSSR count). The summed E-state index contributed by atoms with van der Waals surface area (Å²) in [6.07, 6.45) is 3.13. The number of hydrogen-bond acceptors (Lipinski definition) is 5. The molecule has 1 heterocycles. The molecule has 0 amide bonds. The van der Waals surface area contributed by atoms with E-state index >= 15 is 0 Å². The maximum Gasteiger partial charge on any atom is 0.302 e. The molecule has 2 aliphatic rings. The zero-order chi connectivity index (χ0) is 16.4. The molecular formula is C18H20O5. The van der Waals surface area contributed by atoms with Crippen LogP contribution < -0.4 is 4.74 Å². The Hall–Kier alpha value is -2.30. The van der Waals surface area contributed by atoms with Crippen molar-refractivity contribution in [2.24, 2.45) is 5.92 Å². The van der Waals surface area contributed by atoms with Gasteiger partial charge in [-0.2, -0.15) is 0 Å². The van der Waals surface area contributed by atoms with Crippen molar-refractivity contribution in [2.75, 3.05) is 7.11 Å². The Kier molecular flexibility index (Phi) is 4.37. The maximum atomic E-state index is 12.8. The Morgan fingerprint density at radius 1 is 1.22 bits per heavy atom. The molecule has 0 saturated heterocycles. The molecule has 1 saturated carbocycles. The standard InChI is InChI=1S/C18H20O5/c1-11(19)23-14-7-8-15-17(9-14)22-10-16(18(15)20)12-3-5-13(21-2)6-4-12/h3-6,10,14-15,17H,7-9H2,1-2H3. The first-order valence-electron chi connectivity index (χ1n) is 7.80. The lowest BCUT2D eigenvalue weighted by Crippen LogP contribution is -2.41. The summed E-state index contributed by atoms with van der Waals surface area (Å²) in [6, 6.07) is 7.37. The van der Waals surface area contributed by atoms with E-state index < -0.39 is 0 Å². The van der Waals surface area contributed by atoms with Gasteiger partial charge < -0.3 is 14.2 Å². The topological polar surface area (TPSA) is 61.8 Å². The first-order valence-corrected chi connectivity index (χ1v) is 7.80. The van der Waals surface area contributed by atoms with E-state index in [0.29, 0.717) is 24.8 Å². The van der Waals surface area contributed by atoms with Crippen molar-refractivity contribution < 1.29 is 23.8 Å². The minimum Gasteiger partial charge on any atom is -0.497 e. The number of carbonyl (C=O) groups is 2. The van der Waals surface area contributed by atoms with E-state index in [2.05, 4.69) is 0 Å². The molecule has 1 fully saturated rings. The molecule has 0 radical (unpaired) electrons. The van der Waals surface area contributed by atoms with Crippen molar-refractivity contribution in [1.29, 1.82) is 0 Å². The van der Waals surface area contributed by atoms with Crippen molar-refractivity contribution in [3.63, 3.8) is 0 Å². The first-order chi connectivity index (χ1) is 11.1. The minimum absolute atomic E-state index is 0.104. The van der Waals surface area contributed by atoms with E-state index in [1.54, 1.807) is 13.4 Å².